The number of nitrogens with one attached hydrogen (secondary N) is 11. The van der Waals surface area contributed by atoms with Crippen molar-refractivity contribution in [2.75, 3.05) is 13.1 Å². The van der Waals surface area contributed by atoms with Gasteiger partial charge in [-0.25, -0.2) is 0 Å². The molecule has 1 aliphatic heterocycles. The lowest BCUT2D eigenvalue weighted by atomic mass is 9.99. The standard InChI is InChI=1S/C60H86N12O15/c1-10-46(74)45-20-15-23-72(45)60(87)51(31(4)5)71-56(83)42(24-35-27-61-39-18-13-11-16-37(35)39)66-47(75)29-63-54(81)44(26-49(78)79)69-58(85)50(30(2)3)70-57(84)43(25-36-28-62-40-19-14-12-17-38(36)40)68-53(80)33(8)65-55(82)41(21-22-48(76)77)67-59(86)52(34(9)73)64-32(6)7/h11-14,16-19,27-28,30-34,41-45,50-52,59,61-62,64,67,73,86H,10,15,20-26,29H2,1-9H3,(H,63,81)(H,65,82)(H,66,75)(H,68,80)(H,69,85)(H,70,84)(H,71,83)(H,76,77)(H,78,79)/t33-,34+,41-,42-,43-,44-,45-,50-,51-,52-,59?/m0/s1. The third-order valence-corrected chi connectivity index (χ3v) is 15.1. The molecule has 27 heteroatoms. The fourth-order valence-corrected chi connectivity index (χ4v) is 10.4. The Balaban J connectivity index is 1.31. The highest BCUT2D eigenvalue weighted by Gasteiger charge is 2.40. The van der Waals surface area contributed by atoms with Gasteiger partial charge in [-0.15, -0.1) is 0 Å². The van der Waals surface area contributed by atoms with Crippen LogP contribution in [0.4, 0.5) is 0 Å². The number of hydrogen-bond donors (Lipinski definition) is 15. The van der Waals surface area contributed by atoms with Crippen molar-refractivity contribution in [2.45, 2.75) is 186 Å². The maximum Gasteiger partial charge on any atom is 0.305 e. The van der Waals surface area contributed by atoms with Crippen LogP contribution in [0.25, 0.3) is 21.8 Å². The summed E-state index contributed by atoms with van der Waals surface area (Å²) in [5.74, 6) is -11.0. The van der Waals surface area contributed by atoms with Gasteiger partial charge in [0.1, 0.15) is 42.5 Å². The van der Waals surface area contributed by atoms with Crippen molar-refractivity contribution in [1.29, 1.82) is 0 Å². The van der Waals surface area contributed by atoms with Gasteiger partial charge >= 0.3 is 11.9 Å². The second kappa shape index (κ2) is 32.5. The van der Waals surface area contributed by atoms with Crippen molar-refractivity contribution in [3.8, 4) is 0 Å². The van der Waals surface area contributed by atoms with Gasteiger partial charge in [-0.2, -0.15) is 0 Å². The molecule has 1 unspecified atom stereocenters. The minimum Gasteiger partial charge on any atom is -0.481 e. The molecule has 3 heterocycles. The number of para-hydroxylation sites is 2. The SMILES string of the molecule is CCC(=O)[C@@H]1CCCN1C(=O)[C@@H](NC(=O)[C@H](Cc1c[nH]c2ccccc12)NC(=O)CNC(=O)[C@H](CC(=O)O)NC(=O)[C@@H](NC(=O)[C@H](Cc1c[nH]c2ccccc12)NC(=O)[C@H](C)NC(=O)[C@H](CCC(=O)O)NC(O)[C@@H](NC(C)C)[C@@H](C)O)C(C)C)C(C)C. The number of likely N-dealkylation sites (tertiary alicyclic amines) is 1. The highest BCUT2D eigenvalue weighted by molar-refractivity contribution is 5.99. The number of rotatable bonds is 34. The molecule has 1 saturated heterocycles. The number of Topliss-reactive ketones (excluding diaryl/α,β-unsaturated/α-hetero) is 1. The fourth-order valence-electron chi connectivity index (χ4n) is 10.4. The molecule has 8 amide bonds. The first-order valence-corrected chi connectivity index (χ1v) is 29.4. The minimum absolute atomic E-state index is 0.0826. The number of fused-ring (bicyclic) bond motifs is 2. The molecule has 15 N–H and O–H groups in total. The molecule has 1 fully saturated rings. The molecule has 0 spiro atoms. The Hall–Kier alpha value is -8.27. The van der Waals surface area contributed by atoms with E-state index in [2.05, 4.69) is 57.8 Å². The van der Waals surface area contributed by atoms with Gasteiger partial charge in [0, 0.05) is 72.5 Å². The molecule has 1 aliphatic rings. The first-order chi connectivity index (χ1) is 41.1. The number of aliphatic hydroxyl groups is 2. The van der Waals surface area contributed by atoms with Crippen molar-refractivity contribution >= 4 is 86.8 Å². The first-order valence-electron chi connectivity index (χ1n) is 29.4. The molecule has 0 saturated carbocycles. The molecule has 2 aromatic carbocycles. The molecular formula is C60H86N12O15. The monoisotopic (exact) mass is 1210 g/mol. The van der Waals surface area contributed by atoms with Gasteiger partial charge < -0.3 is 77.8 Å². The number of benzene rings is 2. The molecule has 87 heavy (non-hydrogen) atoms. The van der Waals surface area contributed by atoms with Crippen molar-refractivity contribution in [3.63, 3.8) is 0 Å². The number of carboxylic acids is 2. The molecule has 5 rings (SSSR count). The number of carboxylic acid groups (broad SMARTS) is 2. The van der Waals surface area contributed by atoms with Crippen LogP contribution in [-0.4, -0.2) is 186 Å². The van der Waals surface area contributed by atoms with E-state index < -0.39 is 157 Å². The van der Waals surface area contributed by atoms with Crippen molar-refractivity contribution in [2.24, 2.45) is 11.8 Å². The van der Waals surface area contributed by atoms with Crippen LogP contribution in [0.15, 0.2) is 60.9 Å². The zero-order valence-electron chi connectivity index (χ0n) is 50.7. The van der Waals surface area contributed by atoms with Gasteiger partial charge in [0.15, 0.2) is 5.78 Å². The number of ketones is 1. The smallest absolute Gasteiger partial charge is 0.305 e. The molecule has 11 atom stereocenters. The van der Waals surface area contributed by atoms with E-state index in [9.17, 15) is 73.2 Å². The largest absolute Gasteiger partial charge is 0.481 e. The third kappa shape index (κ3) is 19.9. The highest BCUT2D eigenvalue weighted by Crippen LogP contribution is 2.24. The van der Waals surface area contributed by atoms with Crippen LogP contribution in [0, 0.1) is 11.8 Å². The number of aromatic nitrogens is 2. The van der Waals surface area contributed by atoms with E-state index in [1.807, 2.05) is 18.2 Å². The number of aliphatic hydroxyl groups excluding tert-OH is 2. The lowest BCUT2D eigenvalue weighted by Gasteiger charge is -2.32. The Bertz CT molecular complexity index is 3090. The van der Waals surface area contributed by atoms with Crippen LogP contribution in [0.1, 0.15) is 112 Å². The number of aliphatic carboxylic acids is 2. The van der Waals surface area contributed by atoms with Crippen LogP contribution >= 0.6 is 0 Å². The zero-order chi connectivity index (χ0) is 64.4. The maximum atomic E-state index is 14.5. The van der Waals surface area contributed by atoms with Gasteiger partial charge in [-0.05, 0) is 68.2 Å². The Morgan fingerprint density at radius 2 is 1.13 bits per heavy atom. The summed E-state index contributed by atoms with van der Waals surface area (Å²) in [6, 6.07) is 2.54. The lowest BCUT2D eigenvalue weighted by Crippen LogP contribution is -2.61. The van der Waals surface area contributed by atoms with Crippen LogP contribution in [0.3, 0.4) is 0 Å². The molecule has 476 valence electrons. The summed E-state index contributed by atoms with van der Waals surface area (Å²) in [6.07, 6.45) is -0.150. The summed E-state index contributed by atoms with van der Waals surface area (Å²) in [4.78, 5) is 157. The van der Waals surface area contributed by atoms with E-state index in [-0.39, 0.29) is 37.5 Å². The van der Waals surface area contributed by atoms with E-state index in [0.29, 0.717) is 41.4 Å². The maximum absolute atomic E-state index is 14.5. The second-order valence-electron chi connectivity index (χ2n) is 23.1. The molecule has 0 bridgehead atoms. The van der Waals surface area contributed by atoms with Crippen molar-refractivity contribution in [1.82, 2.24) is 62.7 Å². The highest BCUT2D eigenvalue weighted by atomic mass is 16.4. The molecule has 0 aliphatic carbocycles. The van der Waals surface area contributed by atoms with Crippen LogP contribution in [-0.2, 0) is 65.6 Å². The predicted octanol–water partition coefficient (Wildman–Crippen LogP) is 0.125. The van der Waals surface area contributed by atoms with E-state index in [4.69, 9.17) is 0 Å². The number of carbonyl (C=O) groups excluding carboxylic acids is 9. The summed E-state index contributed by atoms with van der Waals surface area (Å²) in [6.45, 7) is 14.1. The Morgan fingerprint density at radius 1 is 0.598 bits per heavy atom. The average molecular weight is 1220 g/mol. The number of aromatic amines is 2. The average Bonchev–Trinajstić information content (AvgIpc) is 1.99. The van der Waals surface area contributed by atoms with Crippen LogP contribution in [0.2, 0.25) is 0 Å². The van der Waals surface area contributed by atoms with Crippen molar-refractivity contribution < 1.29 is 73.2 Å². The summed E-state index contributed by atoms with van der Waals surface area (Å²) in [7, 11) is 0. The van der Waals surface area contributed by atoms with E-state index in [1.54, 1.807) is 91.2 Å². The first kappa shape index (κ1) is 69.5. The van der Waals surface area contributed by atoms with E-state index in [1.165, 1.54) is 18.7 Å². The van der Waals surface area contributed by atoms with Crippen LogP contribution < -0.4 is 47.9 Å². The Labute approximate surface area is 504 Å². The molecular weight excluding hydrogens is 1130 g/mol. The van der Waals surface area contributed by atoms with Gasteiger partial charge in [-0.3, -0.25) is 58.1 Å². The van der Waals surface area contributed by atoms with Gasteiger partial charge in [-0.1, -0.05) is 84.9 Å². The lowest BCUT2D eigenvalue weighted by molar-refractivity contribution is -0.142. The summed E-state index contributed by atoms with van der Waals surface area (Å²) in [5.41, 5.74) is 2.63. The van der Waals surface area contributed by atoms with E-state index >= 15 is 0 Å². The van der Waals surface area contributed by atoms with Crippen molar-refractivity contribution in [3.05, 3.63) is 72.1 Å². The van der Waals surface area contributed by atoms with Gasteiger partial charge in [0.2, 0.25) is 47.3 Å². The second-order valence-corrected chi connectivity index (χ2v) is 23.1. The normalized spacial score (nSPS) is 16.8. The number of nitrogens with zero attached hydrogens (tertiary/aromatic N) is 1. The summed E-state index contributed by atoms with van der Waals surface area (Å²) in [5, 5.41) is 65.7. The fraction of sp³-hybridized carbons (Fsp3) is 0.550. The topological polar surface area (TPSA) is 412 Å². The number of amides is 8. The summed E-state index contributed by atoms with van der Waals surface area (Å²) < 4.78 is 0. The number of hydrogen-bond acceptors (Lipinski definition) is 15. The Morgan fingerprint density at radius 3 is 1.64 bits per heavy atom. The zero-order valence-corrected chi connectivity index (χ0v) is 50.7. The molecule has 2 aromatic heterocycles. The number of H-pyrrole nitrogens is 2. The number of carbonyl (C=O) groups is 11. The Kier molecular flexibility index (Phi) is 25.9. The quantitative estimate of drug-likeness (QED) is 0.0276. The van der Waals surface area contributed by atoms with Gasteiger partial charge in [0.25, 0.3) is 0 Å². The molecule has 4 aromatic rings. The minimum atomic E-state index is -1.83. The van der Waals surface area contributed by atoms with Crippen LogP contribution in [0.5, 0.6) is 0 Å². The van der Waals surface area contributed by atoms with Gasteiger partial charge in [0.05, 0.1) is 37.2 Å². The van der Waals surface area contributed by atoms with E-state index in [0.717, 1.165) is 10.9 Å². The third-order valence-electron chi connectivity index (χ3n) is 15.1. The molecule has 27 nitrogen and oxygen atoms in total. The molecule has 0 radical (unpaired) electrons. The summed E-state index contributed by atoms with van der Waals surface area (Å²) >= 11 is 0. The predicted molar refractivity (Wildman–Crippen MR) is 320 cm³/mol.